The Balaban J connectivity index is 1.58. The largest absolute Gasteiger partial charge is 0.573 e. The van der Waals surface area contributed by atoms with E-state index in [2.05, 4.69) is 10.1 Å². The van der Waals surface area contributed by atoms with Crippen molar-refractivity contribution in [3.63, 3.8) is 0 Å². The first kappa shape index (κ1) is 19.3. The highest BCUT2D eigenvalue weighted by atomic mass is 19.4. The monoisotopic (exact) mass is 404 g/mol. The Hall–Kier alpha value is -3.03. The molecule has 0 atom stereocenters. The Morgan fingerprint density at radius 3 is 2.55 bits per heavy atom. The van der Waals surface area contributed by atoms with E-state index in [1.165, 1.54) is 23.1 Å². The van der Waals surface area contributed by atoms with Crippen molar-refractivity contribution in [1.29, 1.82) is 0 Å². The third-order valence-electron chi connectivity index (χ3n) is 5.28. The second-order valence-electron chi connectivity index (χ2n) is 7.25. The zero-order valence-electron chi connectivity index (χ0n) is 15.5. The maximum absolute atomic E-state index is 13.0. The number of ether oxygens (including phenoxy) is 1. The van der Waals surface area contributed by atoms with Gasteiger partial charge in [-0.1, -0.05) is 31.0 Å². The van der Waals surface area contributed by atoms with E-state index in [0.29, 0.717) is 22.5 Å². The van der Waals surface area contributed by atoms with Crippen LogP contribution in [0.1, 0.15) is 41.6 Å². The molecule has 5 nitrogen and oxygen atoms in total. The summed E-state index contributed by atoms with van der Waals surface area (Å²) >= 11 is 0. The van der Waals surface area contributed by atoms with E-state index in [-0.39, 0.29) is 24.3 Å². The first-order chi connectivity index (χ1) is 13.8. The first-order valence-corrected chi connectivity index (χ1v) is 9.42. The van der Waals surface area contributed by atoms with Crippen LogP contribution in [0, 0.1) is 5.92 Å². The van der Waals surface area contributed by atoms with Gasteiger partial charge < -0.3 is 15.0 Å². The average Bonchev–Trinajstić information content (AvgIpc) is 3.29. The van der Waals surface area contributed by atoms with E-state index in [9.17, 15) is 22.8 Å². The van der Waals surface area contributed by atoms with Crippen LogP contribution >= 0.6 is 0 Å². The molecule has 1 aliphatic carbocycles. The van der Waals surface area contributed by atoms with Crippen LogP contribution in [0.2, 0.25) is 0 Å². The van der Waals surface area contributed by atoms with Gasteiger partial charge in [-0.3, -0.25) is 9.59 Å². The van der Waals surface area contributed by atoms with Crippen LogP contribution in [0.4, 0.5) is 24.5 Å². The minimum absolute atomic E-state index is 0.0466. The minimum Gasteiger partial charge on any atom is -0.406 e. The van der Waals surface area contributed by atoms with E-state index in [4.69, 9.17) is 0 Å². The molecule has 29 heavy (non-hydrogen) atoms. The summed E-state index contributed by atoms with van der Waals surface area (Å²) in [5.74, 6) is -0.905. The molecule has 0 saturated heterocycles. The topological polar surface area (TPSA) is 58.6 Å². The van der Waals surface area contributed by atoms with Crippen LogP contribution in [0.3, 0.4) is 0 Å². The maximum Gasteiger partial charge on any atom is 0.573 e. The lowest BCUT2D eigenvalue weighted by Crippen LogP contribution is -2.25. The Bertz CT molecular complexity index is 952. The number of carbonyl (C=O) groups excluding carboxylic acids is 2. The molecule has 0 aromatic heterocycles. The van der Waals surface area contributed by atoms with Crippen LogP contribution in [-0.4, -0.2) is 18.2 Å². The molecule has 0 radical (unpaired) electrons. The number of hydrogen-bond acceptors (Lipinski definition) is 3. The third kappa shape index (κ3) is 4.06. The summed E-state index contributed by atoms with van der Waals surface area (Å²) in [5, 5.41) is 2.87. The number of fused-ring (bicyclic) bond motifs is 1. The van der Waals surface area contributed by atoms with Crippen molar-refractivity contribution in [2.24, 2.45) is 5.92 Å². The molecule has 0 bridgehead atoms. The fraction of sp³-hybridized carbons (Fsp3) is 0.333. The van der Waals surface area contributed by atoms with E-state index < -0.39 is 12.1 Å². The Morgan fingerprint density at radius 2 is 1.83 bits per heavy atom. The number of nitrogens with one attached hydrogen (secondary N) is 1. The van der Waals surface area contributed by atoms with Gasteiger partial charge in [-0.15, -0.1) is 13.2 Å². The second kappa shape index (κ2) is 7.42. The normalized spacial score (nSPS) is 16.8. The number of halogens is 3. The van der Waals surface area contributed by atoms with Crippen LogP contribution < -0.4 is 15.0 Å². The molecule has 8 heteroatoms. The van der Waals surface area contributed by atoms with Crippen molar-refractivity contribution in [1.82, 2.24) is 0 Å². The summed E-state index contributed by atoms with van der Waals surface area (Å²) in [6.45, 7) is 0.205. The van der Waals surface area contributed by atoms with Crippen molar-refractivity contribution in [2.75, 3.05) is 10.2 Å². The van der Waals surface area contributed by atoms with Gasteiger partial charge in [0, 0.05) is 17.7 Å². The zero-order chi connectivity index (χ0) is 20.6. The van der Waals surface area contributed by atoms with Crippen molar-refractivity contribution >= 4 is 23.2 Å². The molecule has 1 N–H and O–H groups in total. The molecule has 152 valence electrons. The molecule has 2 aromatic carbocycles. The molecule has 1 fully saturated rings. The summed E-state index contributed by atoms with van der Waals surface area (Å²) < 4.78 is 41.5. The standard InChI is InChI=1S/C21H19F3N2O3/c22-21(23,24)29-16-9-4-8-15(11-16)26-12-14-7-3-10-17(18(14)20(26)28)25-19(27)13-5-1-2-6-13/h3-4,7-11,13H,1-2,5-6,12H2,(H,25,27). The highest BCUT2D eigenvalue weighted by Gasteiger charge is 2.34. The van der Waals surface area contributed by atoms with E-state index in [1.54, 1.807) is 24.3 Å². The van der Waals surface area contributed by atoms with Crippen molar-refractivity contribution in [3.8, 4) is 5.75 Å². The van der Waals surface area contributed by atoms with Gasteiger partial charge in [0.15, 0.2) is 0 Å². The molecule has 1 heterocycles. The number of carbonyl (C=O) groups is 2. The van der Waals surface area contributed by atoms with Gasteiger partial charge in [0.25, 0.3) is 5.91 Å². The fourth-order valence-corrected chi connectivity index (χ4v) is 3.95. The molecule has 2 aromatic rings. The van der Waals surface area contributed by atoms with Gasteiger partial charge in [0.2, 0.25) is 5.91 Å². The van der Waals surface area contributed by atoms with Gasteiger partial charge in [0.05, 0.1) is 17.8 Å². The summed E-state index contributed by atoms with van der Waals surface area (Å²) in [4.78, 5) is 26.9. The van der Waals surface area contributed by atoms with Gasteiger partial charge in [0.1, 0.15) is 5.75 Å². The smallest absolute Gasteiger partial charge is 0.406 e. The lowest BCUT2D eigenvalue weighted by Gasteiger charge is -2.18. The highest BCUT2D eigenvalue weighted by Crippen LogP contribution is 2.35. The lowest BCUT2D eigenvalue weighted by molar-refractivity contribution is -0.274. The highest BCUT2D eigenvalue weighted by molar-refractivity contribution is 6.15. The molecule has 1 saturated carbocycles. The molecule has 0 unspecified atom stereocenters. The van der Waals surface area contributed by atoms with E-state index >= 15 is 0 Å². The third-order valence-corrected chi connectivity index (χ3v) is 5.28. The number of benzene rings is 2. The summed E-state index contributed by atoms with van der Waals surface area (Å²) in [5.41, 5.74) is 1.82. The number of nitrogens with zero attached hydrogens (tertiary/aromatic N) is 1. The van der Waals surface area contributed by atoms with E-state index in [0.717, 1.165) is 25.7 Å². The summed E-state index contributed by atoms with van der Waals surface area (Å²) in [7, 11) is 0. The fourth-order valence-electron chi connectivity index (χ4n) is 3.95. The Labute approximate surface area is 165 Å². The number of amides is 2. The first-order valence-electron chi connectivity index (χ1n) is 9.42. The van der Waals surface area contributed by atoms with Crippen LogP contribution in [0.5, 0.6) is 5.75 Å². The van der Waals surface area contributed by atoms with Crippen LogP contribution in [0.25, 0.3) is 0 Å². The molecule has 2 amide bonds. The number of rotatable bonds is 4. The van der Waals surface area contributed by atoms with Gasteiger partial charge in [-0.2, -0.15) is 0 Å². The van der Waals surface area contributed by atoms with Crippen LogP contribution in [-0.2, 0) is 11.3 Å². The maximum atomic E-state index is 13.0. The average molecular weight is 404 g/mol. The predicted molar refractivity (Wildman–Crippen MR) is 101 cm³/mol. The van der Waals surface area contributed by atoms with Gasteiger partial charge >= 0.3 is 6.36 Å². The minimum atomic E-state index is -4.81. The lowest BCUT2D eigenvalue weighted by atomic mass is 10.1. The number of anilines is 2. The Morgan fingerprint density at radius 1 is 1.10 bits per heavy atom. The quantitative estimate of drug-likeness (QED) is 0.791. The molecule has 4 rings (SSSR count). The van der Waals surface area contributed by atoms with Crippen molar-refractivity contribution in [2.45, 2.75) is 38.6 Å². The second-order valence-corrected chi connectivity index (χ2v) is 7.25. The van der Waals surface area contributed by atoms with Crippen LogP contribution in [0.15, 0.2) is 42.5 Å². The van der Waals surface area contributed by atoms with Gasteiger partial charge in [-0.25, -0.2) is 0 Å². The summed E-state index contributed by atoms with van der Waals surface area (Å²) in [6, 6.07) is 10.5. The van der Waals surface area contributed by atoms with Crippen molar-refractivity contribution < 1.29 is 27.5 Å². The zero-order valence-corrected chi connectivity index (χ0v) is 15.5. The molecule has 1 aliphatic heterocycles. The SMILES string of the molecule is O=C(Nc1cccc2c1C(=O)N(c1cccc(OC(F)(F)F)c1)C2)C1CCCC1. The molecule has 0 spiro atoms. The van der Waals surface area contributed by atoms with E-state index in [1.807, 2.05) is 0 Å². The van der Waals surface area contributed by atoms with Gasteiger partial charge in [-0.05, 0) is 36.6 Å². The molecule has 2 aliphatic rings. The number of hydrogen-bond donors (Lipinski definition) is 1. The number of alkyl halides is 3. The van der Waals surface area contributed by atoms with Crippen molar-refractivity contribution in [3.05, 3.63) is 53.6 Å². The summed E-state index contributed by atoms with van der Waals surface area (Å²) in [6.07, 6.45) is -1.09. The Kier molecular flexibility index (Phi) is 4.94. The predicted octanol–water partition coefficient (Wildman–Crippen LogP) is 4.87. The molecular formula is C21H19F3N2O3. The molecular weight excluding hydrogens is 385 g/mol.